The van der Waals surface area contributed by atoms with Crippen LogP contribution in [0.25, 0.3) is 0 Å². The van der Waals surface area contributed by atoms with Crippen molar-refractivity contribution in [3.63, 3.8) is 0 Å². The van der Waals surface area contributed by atoms with E-state index >= 15 is 0 Å². The molecule has 0 aromatic heterocycles. The summed E-state index contributed by atoms with van der Waals surface area (Å²) in [6.07, 6.45) is 2.52. The fourth-order valence-corrected chi connectivity index (χ4v) is 2.10. The summed E-state index contributed by atoms with van der Waals surface area (Å²) >= 11 is 0. The van der Waals surface area contributed by atoms with Crippen molar-refractivity contribution >= 4 is 11.7 Å². The Morgan fingerprint density at radius 3 is 2.62 bits per heavy atom. The van der Waals surface area contributed by atoms with E-state index < -0.39 is 5.97 Å². The van der Waals surface area contributed by atoms with Crippen LogP contribution in [0.2, 0.25) is 0 Å². The van der Waals surface area contributed by atoms with Crippen molar-refractivity contribution < 1.29 is 9.90 Å². The number of hydrogen-bond acceptors (Lipinski definition) is 2. The van der Waals surface area contributed by atoms with E-state index in [0.717, 1.165) is 17.8 Å². The minimum Gasteiger partial charge on any atom is -0.478 e. The number of carbonyl (C=O) groups is 1. The Kier molecular flexibility index (Phi) is 2.86. The third-order valence-corrected chi connectivity index (χ3v) is 3.10. The first-order valence-corrected chi connectivity index (χ1v) is 5.74. The van der Waals surface area contributed by atoms with E-state index in [9.17, 15) is 4.79 Å². The Bertz CT molecular complexity index is 410. The number of anilines is 1. The molecular formula is C13H17NO2. The van der Waals surface area contributed by atoms with Gasteiger partial charge < -0.3 is 10.0 Å². The zero-order valence-corrected chi connectivity index (χ0v) is 9.73. The molecule has 16 heavy (non-hydrogen) atoms. The van der Waals surface area contributed by atoms with Gasteiger partial charge in [-0.1, -0.05) is 0 Å². The maximum absolute atomic E-state index is 10.9. The smallest absolute Gasteiger partial charge is 0.335 e. The van der Waals surface area contributed by atoms with Crippen LogP contribution in [-0.2, 0) is 0 Å². The topological polar surface area (TPSA) is 40.5 Å². The molecule has 3 heteroatoms. The van der Waals surface area contributed by atoms with Crippen molar-refractivity contribution in [3.05, 3.63) is 29.3 Å². The minimum absolute atomic E-state index is 0.399. The molecule has 1 N–H and O–H groups in total. The van der Waals surface area contributed by atoms with Gasteiger partial charge in [0.05, 0.1) is 5.56 Å². The van der Waals surface area contributed by atoms with Crippen LogP contribution in [0.3, 0.4) is 0 Å². The van der Waals surface area contributed by atoms with Crippen molar-refractivity contribution in [1.82, 2.24) is 0 Å². The molecule has 0 saturated heterocycles. The van der Waals surface area contributed by atoms with Crippen molar-refractivity contribution in [1.29, 1.82) is 0 Å². The number of nitrogens with zero attached hydrogens (tertiary/aromatic N) is 1. The predicted octanol–water partition coefficient (Wildman–Crippen LogP) is 2.68. The van der Waals surface area contributed by atoms with Crippen molar-refractivity contribution in [2.24, 2.45) is 0 Å². The van der Waals surface area contributed by atoms with Gasteiger partial charge in [-0.15, -0.1) is 0 Å². The summed E-state index contributed by atoms with van der Waals surface area (Å²) in [6.45, 7) is 4.98. The van der Waals surface area contributed by atoms with Gasteiger partial charge >= 0.3 is 5.97 Å². The van der Waals surface area contributed by atoms with Gasteiger partial charge in [-0.2, -0.15) is 0 Å². The standard InChI is InChI=1S/C13H17NO2/c1-3-14(10-4-5-10)11-6-7-12(13(15)16)9(2)8-11/h6-8,10H,3-5H2,1-2H3,(H,15,16). The number of benzene rings is 1. The van der Waals surface area contributed by atoms with Gasteiger partial charge in [0.1, 0.15) is 0 Å². The number of hydrogen-bond donors (Lipinski definition) is 1. The number of rotatable bonds is 4. The number of aryl methyl sites for hydroxylation is 1. The van der Waals surface area contributed by atoms with E-state index in [4.69, 9.17) is 5.11 Å². The van der Waals surface area contributed by atoms with Gasteiger partial charge in [-0.05, 0) is 50.5 Å². The largest absolute Gasteiger partial charge is 0.478 e. The highest BCUT2D eigenvalue weighted by Crippen LogP contribution is 2.32. The molecule has 0 aliphatic heterocycles. The lowest BCUT2D eigenvalue weighted by molar-refractivity contribution is 0.0696. The van der Waals surface area contributed by atoms with E-state index in [0.29, 0.717) is 11.6 Å². The molecule has 3 nitrogen and oxygen atoms in total. The molecule has 0 unspecified atom stereocenters. The van der Waals surface area contributed by atoms with Gasteiger partial charge in [0.2, 0.25) is 0 Å². The first-order valence-electron chi connectivity index (χ1n) is 5.74. The van der Waals surface area contributed by atoms with E-state index in [2.05, 4.69) is 11.8 Å². The summed E-state index contributed by atoms with van der Waals surface area (Å²) in [6, 6.07) is 6.27. The molecule has 1 aromatic carbocycles. The molecule has 0 bridgehead atoms. The number of carboxylic acids is 1. The average Bonchev–Trinajstić information content (AvgIpc) is 3.02. The number of aromatic carboxylic acids is 1. The Hall–Kier alpha value is -1.51. The van der Waals surface area contributed by atoms with Gasteiger partial charge in [-0.3, -0.25) is 0 Å². The average molecular weight is 219 g/mol. The van der Waals surface area contributed by atoms with E-state index in [1.165, 1.54) is 12.8 Å². The maximum atomic E-state index is 10.9. The Labute approximate surface area is 95.7 Å². The molecule has 1 aliphatic carbocycles. The first-order chi connectivity index (χ1) is 7.63. The molecule has 0 radical (unpaired) electrons. The van der Waals surface area contributed by atoms with Crippen LogP contribution in [0.1, 0.15) is 35.7 Å². The highest BCUT2D eigenvalue weighted by molar-refractivity contribution is 5.89. The van der Waals surface area contributed by atoms with Crippen LogP contribution in [0.4, 0.5) is 5.69 Å². The van der Waals surface area contributed by atoms with Crippen LogP contribution < -0.4 is 4.90 Å². The molecule has 86 valence electrons. The molecule has 0 atom stereocenters. The second-order valence-electron chi connectivity index (χ2n) is 4.32. The highest BCUT2D eigenvalue weighted by atomic mass is 16.4. The number of carboxylic acid groups (broad SMARTS) is 1. The fraction of sp³-hybridized carbons (Fsp3) is 0.462. The van der Waals surface area contributed by atoms with E-state index in [1.54, 1.807) is 6.07 Å². The lowest BCUT2D eigenvalue weighted by Gasteiger charge is -2.23. The van der Waals surface area contributed by atoms with Crippen LogP contribution in [-0.4, -0.2) is 23.7 Å². The Morgan fingerprint density at radius 2 is 2.19 bits per heavy atom. The summed E-state index contributed by atoms with van der Waals surface area (Å²) in [5, 5.41) is 8.96. The van der Waals surface area contributed by atoms with Crippen molar-refractivity contribution in [3.8, 4) is 0 Å². The maximum Gasteiger partial charge on any atom is 0.335 e. The molecule has 0 heterocycles. The molecule has 1 aliphatic rings. The normalized spacial score (nSPS) is 14.9. The quantitative estimate of drug-likeness (QED) is 0.846. The van der Waals surface area contributed by atoms with Crippen LogP contribution >= 0.6 is 0 Å². The Morgan fingerprint density at radius 1 is 1.50 bits per heavy atom. The molecule has 1 saturated carbocycles. The molecule has 2 rings (SSSR count). The van der Waals surface area contributed by atoms with Gasteiger partial charge in [-0.25, -0.2) is 4.79 Å². The zero-order valence-electron chi connectivity index (χ0n) is 9.73. The third-order valence-electron chi connectivity index (χ3n) is 3.10. The summed E-state index contributed by atoms with van der Waals surface area (Å²) in [4.78, 5) is 13.3. The van der Waals surface area contributed by atoms with Crippen molar-refractivity contribution in [2.45, 2.75) is 32.7 Å². The van der Waals surface area contributed by atoms with E-state index in [-0.39, 0.29) is 0 Å². The second kappa shape index (κ2) is 4.16. The van der Waals surface area contributed by atoms with Crippen LogP contribution in [0.15, 0.2) is 18.2 Å². The molecule has 0 amide bonds. The zero-order chi connectivity index (χ0) is 11.7. The summed E-state index contributed by atoms with van der Waals surface area (Å²) in [5.74, 6) is -0.849. The molecule has 1 fully saturated rings. The lowest BCUT2D eigenvalue weighted by Crippen LogP contribution is -2.25. The highest BCUT2D eigenvalue weighted by Gasteiger charge is 2.28. The SMILES string of the molecule is CCN(c1ccc(C(=O)O)c(C)c1)C1CC1. The van der Waals surface area contributed by atoms with Gasteiger partial charge in [0.25, 0.3) is 0 Å². The van der Waals surface area contributed by atoms with E-state index in [1.807, 2.05) is 19.1 Å². The van der Waals surface area contributed by atoms with Crippen LogP contribution in [0.5, 0.6) is 0 Å². The minimum atomic E-state index is -0.849. The molecule has 0 spiro atoms. The second-order valence-corrected chi connectivity index (χ2v) is 4.32. The Balaban J connectivity index is 2.28. The monoisotopic (exact) mass is 219 g/mol. The summed E-state index contributed by atoms with van der Waals surface area (Å²) < 4.78 is 0. The van der Waals surface area contributed by atoms with Gasteiger partial charge in [0.15, 0.2) is 0 Å². The fourth-order valence-electron chi connectivity index (χ4n) is 2.10. The predicted molar refractivity (Wildman–Crippen MR) is 64.2 cm³/mol. The molecular weight excluding hydrogens is 202 g/mol. The van der Waals surface area contributed by atoms with Crippen molar-refractivity contribution in [2.75, 3.05) is 11.4 Å². The van der Waals surface area contributed by atoms with Crippen LogP contribution in [0, 0.1) is 6.92 Å². The lowest BCUT2D eigenvalue weighted by atomic mass is 10.1. The summed E-state index contributed by atoms with van der Waals surface area (Å²) in [5.41, 5.74) is 2.38. The first kappa shape index (κ1) is 11.0. The molecule has 1 aromatic rings. The summed E-state index contributed by atoms with van der Waals surface area (Å²) in [7, 11) is 0. The van der Waals surface area contributed by atoms with Gasteiger partial charge in [0, 0.05) is 18.3 Å². The third kappa shape index (κ3) is 2.03.